The van der Waals surface area contributed by atoms with Gasteiger partial charge < -0.3 is 10.2 Å². The van der Waals surface area contributed by atoms with Crippen molar-refractivity contribution in [3.8, 4) is 6.07 Å². The van der Waals surface area contributed by atoms with Crippen molar-refractivity contribution in [3.05, 3.63) is 57.5 Å². The molecule has 0 radical (unpaired) electrons. The predicted octanol–water partition coefficient (Wildman–Crippen LogP) is 4.29. The fraction of sp³-hybridized carbons (Fsp3) is 0.462. The van der Waals surface area contributed by atoms with Crippen LogP contribution in [-0.4, -0.2) is 57.6 Å². The van der Waals surface area contributed by atoms with Gasteiger partial charge in [-0.25, -0.2) is 4.98 Å². The molecule has 2 fully saturated rings. The van der Waals surface area contributed by atoms with Crippen LogP contribution in [0, 0.1) is 11.3 Å². The second kappa shape index (κ2) is 10.1. The Morgan fingerprint density at radius 2 is 1.86 bits per heavy atom. The van der Waals surface area contributed by atoms with Crippen LogP contribution in [0.5, 0.6) is 0 Å². The Morgan fingerprint density at radius 1 is 1.14 bits per heavy atom. The standard InChI is InChI=1S/C26H28F3N7O/c1-34-8-10-35(11-9-34)16-17-6-7-20(13-22(17)26(27,28)29)32-25-31-15-19-12-18(14-30)24(37)36(23(19)33-25)21-4-2-3-5-21/h6-7,12-13,15,21H,2-5,8-11,16H2,1H3,(H,31,32,33). The number of hydrogen-bond donors (Lipinski definition) is 1. The van der Waals surface area contributed by atoms with Crippen molar-refractivity contribution in [2.75, 3.05) is 38.5 Å². The third-order valence-electron chi connectivity index (χ3n) is 7.24. The number of likely N-dealkylation sites (N-methyl/N-ethyl adjacent to an activating group) is 1. The summed E-state index contributed by atoms with van der Waals surface area (Å²) in [5, 5.41) is 12.8. The van der Waals surface area contributed by atoms with Crippen LogP contribution in [-0.2, 0) is 12.7 Å². The molecule has 1 saturated carbocycles. The first-order chi connectivity index (χ1) is 17.7. The van der Waals surface area contributed by atoms with Gasteiger partial charge in [0.15, 0.2) is 0 Å². The summed E-state index contributed by atoms with van der Waals surface area (Å²) in [4.78, 5) is 25.9. The molecule has 2 aromatic heterocycles. The Morgan fingerprint density at radius 3 is 2.54 bits per heavy atom. The largest absolute Gasteiger partial charge is 0.416 e. The highest BCUT2D eigenvalue weighted by atomic mass is 19.4. The number of rotatable bonds is 5. The molecule has 8 nitrogen and oxygen atoms in total. The second-order valence-corrected chi connectivity index (χ2v) is 9.83. The van der Waals surface area contributed by atoms with Gasteiger partial charge in [0, 0.05) is 56.0 Å². The van der Waals surface area contributed by atoms with E-state index in [4.69, 9.17) is 0 Å². The van der Waals surface area contributed by atoms with Gasteiger partial charge in [0.1, 0.15) is 17.3 Å². The normalized spacial score (nSPS) is 17.8. The quantitative estimate of drug-likeness (QED) is 0.547. The monoisotopic (exact) mass is 511 g/mol. The maximum atomic E-state index is 14.0. The van der Waals surface area contributed by atoms with Crippen molar-refractivity contribution < 1.29 is 13.2 Å². The molecule has 1 aliphatic heterocycles. The van der Waals surface area contributed by atoms with Gasteiger partial charge >= 0.3 is 6.18 Å². The fourth-order valence-corrected chi connectivity index (χ4v) is 5.19. The molecule has 37 heavy (non-hydrogen) atoms. The van der Waals surface area contributed by atoms with E-state index in [0.29, 0.717) is 11.0 Å². The van der Waals surface area contributed by atoms with Gasteiger partial charge in [0.05, 0.1) is 5.56 Å². The number of nitrogens with zero attached hydrogens (tertiary/aromatic N) is 6. The number of alkyl halides is 3. The van der Waals surface area contributed by atoms with Gasteiger partial charge in [-0.05, 0) is 43.7 Å². The highest BCUT2D eigenvalue weighted by Crippen LogP contribution is 2.35. The minimum atomic E-state index is -4.51. The SMILES string of the molecule is CN1CCN(Cc2ccc(Nc3ncc4cc(C#N)c(=O)n(C5CCCC5)c4n3)cc2C(F)(F)F)CC1. The number of aromatic nitrogens is 3. The van der Waals surface area contributed by atoms with Crippen molar-refractivity contribution in [3.63, 3.8) is 0 Å². The number of piperazine rings is 1. The average molecular weight is 512 g/mol. The fourth-order valence-electron chi connectivity index (χ4n) is 5.19. The van der Waals surface area contributed by atoms with Gasteiger partial charge in [-0.15, -0.1) is 0 Å². The van der Waals surface area contributed by atoms with Gasteiger partial charge in [-0.3, -0.25) is 14.3 Å². The number of halogens is 3. The molecule has 0 unspecified atom stereocenters. The molecule has 3 heterocycles. The number of fused-ring (bicyclic) bond motifs is 1. The van der Waals surface area contributed by atoms with Gasteiger partial charge in [0.2, 0.25) is 5.95 Å². The molecular weight excluding hydrogens is 483 g/mol. The Kier molecular flexibility index (Phi) is 6.88. The van der Waals surface area contributed by atoms with E-state index in [1.165, 1.54) is 18.3 Å². The number of nitriles is 1. The summed E-state index contributed by atoms with van der Waals surface area (Å²) < 4.78 is 43.5. The van der Waals surface area contributed by atoms with Crippen molar-refractivity contribution in [2.45, 2.75) is 44.4 Å². The number of pyridine rings is 1. The van der Waals surface area contributed by atoms with Crippen molar-refractivity contribution in [1.82, 2.24) is 24.3 Å². The first kappa shape index (κ1) is 25.2. The zero-order valence-electron chi connectivity index (χ0n) is 20.6. The molecule has 0 atom stereocenters. The van der Waals surface area contributed by atoms with Crippen LogP contribution in [0.2, 0.25) is 0 Å². The van der Waals surface area contributed by atoms with Crippen LogP contribution in [0.15, 0.2) is 35.3 Å². The minimum absolute atomic E-state index is 0.0227. The van der Waals surface area contributed by atoms with Crippen LogP contribution in [0.4, 0.5) is 24.8 Å². The summed E-state index contributed by atoms with van der Waals surface area (Å²) in [6.07, 6.45) is 0.544. The number of anilines is 2. The summed E-state index contributed by atoms with van der Waals surface area (Å²) in [6.45, 7) is 3.30. The van der Waals surface area contributed by atoms with Crippen molar-refractivity contribution in [1.29, 1.82) is 5.26 Å². The zero-order valence-corrected chi connectivity index (χ0v) is 20.6. The molecule has 0 spiro atoms. The van der Waals surface area contributed by atoms with Crippen LogP contribution in [0.1, 0.15) is 48.4 Å². The summed E-state index contributed by atoms with van der Waals surface area (Å²) >= 11 is 0. The lowest BCUT2D eigenvalue weighted by Crippen LogP contribution is -2.44. The topological polar surface area (TPSA) is 90.1 Å². The molecule has 5 rings (SSSR count). The number of nitrogens with one attached hydrogen (secondary N) is 1. The van der Waals surface area contributed by atoms with Crippen molar-refractivity contribution >= 4 is 22.7 Å². The van der Waals surface area contributed by atoms with E-state index in [1.54, 1.807) is 10.6 Å². The van der Waals surface area contributed by atoms with E-state index in [0.717, 1.165) is 57.9 Å². The lowest BCUT2D eigenvalue weighted by atomic mass is 10.0. The van der Waals surface area contributed by atoms with E-state index in [2.05, 4.69) is 20.2 Å². The maximum Gasteiger partial charge on any atom is 0.416 e. The maximum absolute atomic E-state index is 14.0. The molecule has 2 aliphatic rings. The van der Waals surface area contributed by atoms with Crippen LogP contribution in [0.3, 0.4) is 0 Å². The van der Waals surface area contributed by atoms with E-state index in [9.17, 15) is 23.2 Å². The van der Waals surface area contributed by atoms with Gasteiger partial charge in [-0.2, -0.15) is 23.4 Å². The molecule has 1 aromatic carbocycles. The Labute approximate surface area is 212 Å². The third-order valence-corrected chi connectivity index (χ3v) is 7.24. The molecule has 0 amide bonds. The van der Waals surface area contributed by atoms with Gasteiger partial charge in [0.25, 0.3) is 5.56 Å². The van der Waals surface area contributed by atoms with Gasteiger partial charge in [-0.1, -0.05) is 18.9 Å². The Bertz CT molecular complexity index is 1400. The summed E-state index contributed by atoms with van der Waals surface area (Å²) in [5.74, 6) is 0.0864. The summed E-state index contributed by atoms with van der Waals surface area (Å²) in [5.41, 5.74) is -0.276. The van der Waals surface area contributed by atoms with Crippen LogP contribution >= 0.6 is 0 Å². The molecular formula is C26H28F3N7O. The lowest BCUT2D eigenvalue weighted by molar-refractivity contribution is -0.138. The number of hydrogen-bond acceptors (Lipinski definition) is 7. The highest BCUT2D eigenvalue weighted by Gasteiger charge is 2.34. The van der Waals surface area contributed by atoms with E-state index in [1.807, 2.05) is 18.0 Å². The van der Waals surface area contributed by atoms with Crippen molar-refractivity contribution in [2.24, 2.45) is 0 Å². The molecule has 194 valence electrons. The second-order valence-electron chi connectivity index (χ2n) is 9.83. The van der Waals surface area contributed by atoms with E-state index in [-0.39, 0.29) is 35.3 Å². The molecule has 11 heteroatoms. The third kappa shape index (κ3) is 5.31. The van der Waals surface area contributed by atoms with E-state index >= 15 is 0 Å². The van der Waals surface area contributed by atoms with Crippen LogP contribution < -0.4 is 10.9 Å². The lowest BCUT2D eigenvalue weighted by Gasteiger charge is -2.33. The molecule has 1 N–H and O–H groups in total. The first-order valence-electron chi connectivity index (χ1n) is 12.4. The number of benzene rings is 1. The minimum Gasteiger partial charge on any atom is -0.324 e. The zero-order chi connectivity index (χ0) is 26.2. The summed E-state index contributed by atoms with van der Waals surface area (Å²) in [7, 11) is 2.00. The highest BCUT2D eigenvalue weighted by molar-refractivity contribution is 5.77. The van der Waals surface area contributed by atoms with E-state index < -0.39 is 17.3 Å². The average Bonchev–Trinajstić information content (AvgIpc) is 3.40. The predicted molar refractivity (Wildman–Crippen MR) is 134 cm³/mol. The molecule has 1 saturated heterocycles. The summed E-state index contributed by atoms with van der Waals surface area (Å²) in [6, 6.07) is 7.51. The first-order valence-corrected chi connectivity index (χ1v) is 12.4. The molecule has 1 aliphatic carbocycles. The Hall–Kier alpha value is -3.49. The smallest absolute Gasteiger partial charge is 0.324 e. The van der Waals surface area contributed by atoms with Crippen LogP contribution in [0.25, 0.3) is 11.0 Å². The Balaban J connectivity index is 1.47. The molecule has 3 aromatic rings. The molecule has 0 bridgehead atoms.